The standard InChI is InChI=1S/C19H28FN3O3/c1-4-21-19(23-12-14(2)17(13-23)18(24)25-3)22-10-5-11-26-16-8-6-15(20)7-9-16/h6-9,14,17H,4-5,10-13H2,1-3H3,(H,21,22). The first-order valence-electron chi connectivity index (χ1n) is 9.04. The molecule has 7 heteroatoms. The summed E-state index contributed by atoms with van der Waals surface area (Å²) >= 11 is 0. The number of nitrogens with one attached hydrogen (secondary N) is 1. The predicted molar refractivity (Wildman–Crippen MR) is 98.7 cm³/mol. The number of rotatable bonds is 7. The fourth-order valence-corrected chi connectivity index (χ4v) is 2.99. The number of nitrogens with zero attached hydrogens (tertiary/aromatic N) is 2. The molecule has 1 fully saturated rings. The molecule has 1 aliphatic rings. The van der Waals surface area contributed by atoms with Crippen molar-refractivity contribution in [3.05, 3.63) is 30.1 Å². The zero-order chi connectivity index (χ0) is 18.9. The van der Waals surface area contributed by atoms with Crippen molar-refractivity contribution >= 4 is 11.9 Å². The summed E-state index contributed by atoms with van der Waals surface area (Å²) in [6.45, 7) is 7.35. The van der Waals surface area contributed by atoms with Gasteiger partial charge in [0.2, 0.25) is 0 Å². The van der Waals surface area contributed by atoms with Crippen LogP contribution in [0.1, 0.15) is 20.3 Å². The van der Waals surface area contributed by atoms with E-state index < -0.39 is 0 Å². The van der Waals surface area contributed by atoms with E-state index in [-0.39, 0.29) is 23.6 Å². The number of carbonyl (C=O) groups excluding carboxylic acids is 1. The quantitative estimate of drug-likeness (QED) is 0.348. The van der Waals surface area contributed by atoms with Gasteiger partial charge in [-0.1, -0.05) is 6.92 Å². The third-order valence-corrected chi connectivity index (χ3v) is 4.40. The summed E-state index contributed by atoms with van der Waals surface area (Å²) in [4.78, 5) is 18.6. The van der Waals surface area contributed by atoms with E-state index >= 15 is 0 Å². The molecule has 1 heterocycles. The van der Waals surface area contributed by atoms with Gasteiger partial charge in [0.15, 0.2) is 5.96 Å². The average Bonchev–Trinajstić information content (AvgIpc) is 3.03. The molecule has 1 aromatic rings. The first-order valence-corrected chi connectivity index (χ1v) is 9.04. The van der Waals surface area contributed by atoms with Crippen LogP contribution in [0.15, 0.2) is 29.3 Å². The Morgan fingerprint density at radius 3 is 2.73 bits per heavy atom. The van der Waals surface area contributed by atoms with Gasteiger partial charge in [-0.25, -0.2) is 4.39 Å². The molecule has 1 aliphatic heterocycles. The highest BCUT2D eigenvalue weighted by molar-refractivity contribution is 5.82. The van der Waals surface area contributed by atoms with Crippen LogP contribution in [0.2, 0.25) is 0 Å². The van der Waals surface area contributed by atoms with Gasteiger partial charge in [-0.2, -0.15) is 0 Å². The first kappa shape index (κ1) is 20.0. The molecule has 6 nitrogen and oxygen atoms in total. The van der Waals surface area contributed by atoms with Crippen LogP contribution in [0.5, 0.6) is 5.75 Å². The predicted octanol–water partition coefficient (Wildman–Crippen LogP) is 2.30. The molecular weight excluding hydrogens is 337 g/mol. The molecule has 0 aliphatic carbocycles. The van der Waals surface area contributed by atoms with E-state index in [0.29, 0.717) is 25.4 Å². The fourth-order valence-electron chi connectivity index (χ4n) is 2.99. The van der Waals surface area contributed by atoms with Crippen LogP contribution in [-0.4, -0.2) is 56.7 Å². The molecule has 1 N–H and O–H groups in total. The normalized spacial score (nSPS) is 20.2. The van der Waals surface area contributed by atoms with Gasteiger partial charge in [0.1, 0.15) is 11.6 Å². The molecule has 2 atom stereocenters. The first-order chi connectivity index (χ1) is 12.5. The molecule has 0 spiro atoms. The van der Waals surface area contributed by atoms with Crippen LogP contribution in [0, 0.1) is 17.7 Å². The average molecular weight is 365 g/mol. The van der Waals surface area contributed by atoms with Crippen molar-refractivity contribution in [3.8, 4) is 5.75 Å². The summed E-state index contributed by atoms with van der Waals surface area (Å²) in [6, 6.07) is 5.98. The van der Waals surface area contributed by atoms with Crippen LogP contribution in [0.3, 0.4) is 0 Å². The number of benzene rings is 1. The molecule has 2 rings (SSSR count). The van der Waals surface area contributed by atoms with Crippen molar-refractivity contribution in [2.24, 2.45) is 16.8 Å². The summed E-state index contributed by atoms with van der Waals surface area (Å²) in [6.07, 6.45) is 0.746. The van der Waals surface area contributed by atoms with Gasteiger partial charge < -0.3 is 19.7 Å². The summed E-state index contributed by atoms with van der Waals surface area (Å²) in [5.41, 5.74) is 0. The van der Waals surface area contributed by atoms with Crippen molar-refractivity contribution in [2.75, 3.05) is 39.9 Å². The summed E-state index contributed by atoms with van der Waals surface area (Å²) < 4.78 is 23.3. The van der Waals surface area contributed by atoms with Gasteiger partial charge in [-0.3, -0.25) is 9.79 Å². The Morgan fingerprint density at radius 1 is 1.35 bits per heavy atom. The summed E-state index contributed by atoms with van der Waals surface area (Å²) in [5, 5.41) is 3.28. The number of aliphatic imine (C=N–C) groups is 1. The maximum atomic E-state index is 12.9. The second kappa shape index (κ2) is 9.99. The number of methoxy groups -OCH3 is 1. The van der Waals surface area contributed by atoms with E-state index in [0.717, 1.165) is 25.5 Å². The minimum absolute atomic E-state index is 0.120. The van der Waals surface area contributed by atoms with Crippen LogP contribution >= 0.6 is 0 Å². The third kappa shape index (κ3) is 5.61. The smallest absolute Gasteiger partial charge is 0.310 e. The highest BCUT2D eigenvalue weighted by atomic mass is 19.1. The molecule has 0 saturated carbocycles. The van der Waals surface area contributed by atoms with Crippen molar-refractivity contribution < 1.29 is 18.7 Å². The highest BCUT2D eigenvalue weighted by Gasteiger charge is 2.36. The van der Waals surface area contributed by atoms with Gasteiger partial charge in [0.05, 0.1) is 19.6 Å². The number of hydrogen-bond acceptors (Lipinski definition) is 4. The SMILES string of the molecule is CCNC(=NCCCOc1ccc(F)cc1)N1CC(C)C(C(=O)OC)C1. The number of carbonyl (C=O) groups is 1. The van der Waals surface area contributed by atoms with E-state index in [1.807, 2.05) is 6.92 Å². The number of guanidine groups is 1. The Balaban J connectivity index is 1.82. The van der Waals surface area contributed by atoms with Crippen LogP contribution < -0.4 is 10.1 Å². The number of likely N-dealkylation sites (tertiary alicyclic amines) is 1. The lowest BCUT2D eigenvalue weighted by molar-refractivity contribution is -0.145. The van der Waals surface area contributed by atoms with Crippen molar-refractivity contribution in [3.63, 3.8) is 0 Å². The molecule has 144 valence electrons. The molecule has 1 saturated heterocycles. The zero-order valence-electron chi connectivity index (χ0n) is 15.7. The monoisotopic (exact) mass is 365 g/mol. The molecule has 0 bridgehead atoms. The minimum atomic E-state index is -0.276. The van der Waals surface area contributed by atoms with E-state index in [1.54, 1.807) is 12.1 Å². The van der Waals surface area contributed by atoms with E-state index in [1.165, 1.54) is 19.2 Å². The van der Waals surface area contributed by atoms with Gasteiger partial charge in [-0.15, -0.1) is 0 Å². The van der Waals surface area contributed by atoms with E-state index in [9.17, 15) is 9.18 Å². The lowest BCUT2D eigenvalue weighted by atomic mass is 9.99. The van der Waals surface area contributed by atoms with E-state index in [4.69, 9.17) is 9.47 Å². The number of esters is 1. The molecule has 26 heavy (non-hydrogen) atoms. The molecule has 0 radical (unpaired) electrons. The van der Waals surface area contributed by atoms with Gasteiger partial charge >= 0.3 is 5.97 Å². The Labute approximate surface area is 154 Å². The second-order valence-corrected chi connectivity index (χ2v) is 6.40. The van der Waals surface area contributed by atoms with Crippen molar-refractivity contribution in [1.29, 1.82) is 0 Å². The Morgan fingerprint density at radius 2 is 2.08 bits per heavy atom. The Bertz CT molecular complexity index is 607. The second-order valence-electron chi connectivity index (χ2n) is 6.40. The van der Waals surface area contributed by atoms with Gasteiger partial charge in [0.25, 0.3) is 0 Å². The third-order valence-electron chi connectivity index (χ3n) is 4.40. The summed E-state index contributed by atoms with van der Waals surface area (Å²) in [7, 11) is 1.43. The number of ether oxygens (including phenoxy) is 2. The molecule has 0 aromatic heterocycles. The lowest BCUT2D eigenvalue weighted by Crippen LogP contribution is -2.40. The Kier molecular flexibility index (Phi) is 7.69. The maximum absolute atomic E-state index is 12.9. The zero-order valence-corrected chi connectivity index (χ0v) is 15.7. The molecule has 2 unspecified atom stereocenters. The molecule has 1 aromatic carbocycles. The molecule has 0 amide bonds. The number of hydrogen-bond donors (Lipinski definition) is 1. The Hall–Kier alpha value is -2.31. The number of halogens is 1. The fraction of sp³-hybridized carbons (Fsp3) is 0.579. The van der Waals surface area contributed by atoms with Crippen LogP contribution in [0.25, 0.3) is 0 Å². The summed E-state index contributed by atoms with van der Waals surface area (Å²) in [5.74, 6) is 1.13. The molecular formula is C19H28FN3O3. The van der Waals surface area contributed by atoms with Gasteiger partial charge in [-0.05, 0) is 37.1 Å². The highest BCUT2D eigenvalue weighted by Crippen LogP contribution is 2.24. The topological polar surface area (TPSA) is 63.2 Å². The van der Waals surface area contributed by atoms with Crippen LogP contribution in [-0.2, 0) is 9.53 Å². The largest absolute Gasteiger partial charge is 0.494 e. The van der Waals surface area contributed by atoms with Crippen LogP contribution in [0.4, 0.5) is 4.39 Å². The van der Waals surface area contributed by atoms with Crippen molar-refractivity contribution in [2.45, 2.75) is 20.3 Å². The maximum Gasteiger partial charge on any atom is 0.310 e. The van der Waals surface area contributed by atoms with Gasteiger partial charge in [0, 0.05) is 32.6 Å². The minimum Gasteiger partial charge on any atom is -0.494 e. The van der Waals surface area contributed by atoms with Crippen molar-refractivity contribution in [1.82, 2.24) is 10.2 Å². The van der Waals surface area contributed by atoms with E-state index in [2.05, 4.69) is 22.1 Å². The lowest BCUT2D eigenvalue weighted by Gasteiger charge is -2.21.